The summed E-state index contributed by atoms with van der Waals surface area (Å²) in [7, 11) is 1.37. The molecule has 288 valence electrons. The number of phenols is 1. The molecule has 0 bridgehead atoms. The van der Waals surface area contributed by atoms with Crippen LogP contribution in [0.5, 0.6) is 17.6 Å². The molecule has 1 aliphatic carbocycles. The lowest BCUT2D eigenvalue weighted by Crippen LogP contribution is -2.56. The van der Waals surface area contributed by atoms with Crippen LogP contribution < -0.4 is 14.4 Å². The molecule has 13 nitrogen and oxygen atoms in total. The van der Waals surface area contributed by atoms with Crippen LogP contribution in [0.3, 0.4) is 0 Å². The molecular formula is C39H45F2N5O8. The average molecular weight is 750 g/mol. The van der Waals surface area contributed by atoms with Crippen LogP contribution in [-0.4, -0.2) is 131 Å². The number of ether oxygens (including phenoxy) is 5. The van der Waals surface area contributed by atoms with E-state index in [-0.39, 0.29) is 94.4 Å². The normalized spacial score (nSPS) is 28.4. The molecule has 4 unspecified atom stereocenters. The molecule has 5 aliphatic rings. The van der Waals surface area contributed by atoms with Gasteiger partial charge in [0, 0.05) is 41.5 Å². The smallest absolute Gasteiger partial charge is 0.319 e. The number of hydrogen-bond acceptors (Lipinski definition) is 13. The number of likely N-dealkylation sites (tertiary alicyclic amines) is 1. The minimum atomic E-state index is -0.947. The van der Waals surface area contributed by atoms with Gasteiger partial charge in [-0.1, -0.05) is 18.6 Å². The van der Waals surface area contributed by atoms with E-state index in [0.29, 0.717) is 37.9 Å². The molecule has 15 heteroatoms. The van der Waals surface area contributed by atoms with E-state index in [4.69, 9.17) is 28.7 Å². The summed E-state index contributed by atoms with van der Waals surface area (Å²) in [5, 5.41) is 32.1. The highest BCUT2D eigenvalue weighted by atomic mass is 19.1. The highest BCUT2D eigenvalue weighted by molar-refractivity contribution is 6.02. The third-order valence-electron chi connectivity index (χ3n) is 12.2. The molecule has 1 spiro atoms. The van der Waals surface area contributed by atoms with Crippen LogP contribution in [0.15, 0.2) is 30.3 Å². The van der Waals surface area contributed by atoms with E-state index >= 15 is 8.78 Å². The number of nitrogens with zero attached hydrogens (tertiary/aromatic N) is 5. The second-order valence-electron chi connectivity index (χ2n) is 15.6. The van der Waals surface area contributed by atoms with E-state index < -0.39 is 23.8 Å². The van der Waals surface area contributed by atoms with Gasteiger partial charge in [0.05, 0.1) is 59.0 Å². The van der Waals surface area contributed by atoms with Gasteiger partial charge >= 0.3 is 6.01 Å². The predicted octanol–water partition coefficient (Wildman–Crippen LogP) is 3.97. The monoisotopic (exact) mass is 749 g/mol. The van der Waals surface area contributed by atoms with E-state index in [2.05, 4.69) is 14.9 Å². The van der Waals surface area contributed by atoms with Crippen LogP contribution in [-0.2, 0) is 14.2 Å². The Morgan fingerprint density at radius 3 is 2.67 bits per heavy atom. The van der Waals surface area contributed by atoms with Crippen molar-refractivity contribution in [3.05, 3.63) is 42.0 Å². The zero-order valence-electron chi connectivity index (χ0n) is 30.2. The van der Waals surface area contributed by atoms with Crippen molar-refractivity contribution < 1.29 is 47.8 Å². The van der Waals surface area contributed by atoms with Gasteiger partial charge in [-0.2, -0.15) is 9.97 Å². The number of fused-ring (bicyclic) bond motifs is 3. The Balaban J connectivity index is 1.14. The Kier molecular flexibility index (Phi) is 9.22. The molecule has 54 heavy (non-hydrogen) atoms. The van der Waals surface area contributed by atoms with Crippen molar-refractivity contribution in [1.82, 2.24) is 19.9 Å². The van der Waals surface area contributed by atoms with E-state index in [9.17, 15) is 15.3 Å². The van der Waals surface area contributed by atoms with Crippen molar-refractivity contribution in [2.75, 3.05) is 71.3 Å². The molecule has 0 amide bonds. The number of anilines is 1. The number of β-amino-alcohol motifs (C(OH)–C–C–N with tert-alkyl or cyclic N) is 1. The minimum Gasteiger partial charge on any atom is -0.508 e. The summed E-state index contributed by atoms with van der Waals surface area (Å²) >= 11 is 0. The van der Waals surface area contributed by atoms with Gasteiger partial charge in [0.15, 0.2) is 5.82 Å². The van der Waals surface area contributed by atoms with E-state index in [1.54, 1.807) is 11.0 Å². The second-order valence-corrected chi connectivity index (χ2v) is 15.6. The molecular weight excluding hydrogens is 704 g/mol. The fourth-order valence-corrected chi connectivity index (χ4v) is 9.64. The standard InChI is InChI=1S/C39H45F2N5O8/c1-50-36-31-34(32(41)33(42-36)27-12-24(48)11-22-5-2-6-28(40)30(22)27)43-37(44-35(31)45-14-25(49)18-52-26(15-45)16-47)53-19-38-8-3-7-29(38)46(10-4-9-38)23-13-39(54-17-23)20-51-21-39/h2,5-6,11-12,23,25-26,29,47-49H,3-4,7-10,13-21H2,1H3/t23?,25?,26-,29?,38?/m1/s1. The van der Waals surface area contributed by atoms with Crippen molar-refractivity contribution in [2.45, 2.75) is 68.4 Å². The number of benzene rings is 2. The minimum absolute atomic E-state index is 0.0152. The molecule has 2 aromatic carbocycles. The molecule has 0 radical (unpaired) electrons. The molecule has 2 aromatic heterocycles. The third kappa shape index (κ3) is 6.09. The number of aromatic nitrogens is 3. The number of pyridine rings is 1. The van der Waals surface area contributed by atoms with Gasteiger partial charge in [0.2, 0.25) is 5.88 Å². The molecule has 5 fully saturated rings. The Morgan fingerprint density at radius 1 is 1.04 bits per heavy atom. The van der Waals surface area contributed by atoms with Crippen LogP contribution in [0.2, 0.25) is 0 Å². The number of aromatic hydroxyl groups is 1. The molecule has 3 N–H and O–H groups in total. The van der Waals surface area contributed by atoms with Gasteiger partial charge in [0.1, 0.15) is 39.6 Å². The number of aliphatic hydroxyl groups is 2. The number of methoxy groups -OCH3 is 1. The van der Waals surface area contributed by atoms with Crippen LogP contribution in [0, 0.1) is 17.0 Å². The fourth-order valence-electron chi connectivity index (χ4n) is 9.64. The predicted molar refractivity (Wildman–Crippen MR) is 193 cm³/mol. The first-order valence-electron chi connectivity index (χ1n) is 18.8. The number of rotatable bonds is 8. The highest BCUT2D eigenvalue weighted by Crippen LogP contribution is 2.50. The van der Waals surface area contributed by atoms with Gasteiger partial charge < -0.3 is 43.9 Å². The Morgan fingerprint density at radius 2 is 1.89 bits per heavy atom. The van der Waals surface area contributed by atoms with Crippen molar-refractivity contribution in [2.24, 2.45) is 5.41 Å². The van der Waals surface area contributed by atoms with Crippen LogP contribution in [0.25, 0.3) is 32.9 Å². The SMILES string of the molecule is COc1nc(-c2cc(O)cc3cccc(F)c23)c(F)c2nc(OCC34CCCC3N(C3COC5(COC5)C3)CCC4)nc(N3CC(O)CO[C@@H](CO)C3)c12. The first-order chi connectivity index (χ1) is 26.2. The molecule has 9 rings (SSSR count). The summed E-state index contributed by atoms with van der Waals surface area (Å²) in [5.74, 6) is -1.58. The van der Waals surface area contributed by atoms with Crippen molar-refractivity contribution in [3.8, 4) is 28.9 Å². The lowest BCUT2D eigenvalue weighted by molar-refractivity contribution is -0.184. The largest absolute Gasteiger partial charge is 0.508 e. The van der Waals surface area contributed by atoms with Crippen molar-refractivity contribution in [3.63, 3.8) is 0 Å². The molecule has 6 heterocycles. The molecule has 1 saturated carbocycles. The number of piperidine rings is 1. The maximum absolute atomic E-state index is 17.2. The van der Waals surface area contributed by atoms with Crippen molar-refractivity contribution in [1.29, 1.82) is 0 Å². The van der Waals surface area contributed by atoms with Crippen molar-refractivity contribution >= 4 is 27.5 Å². The Labute approximate surface area is 310 Å². The summed E-state index contributed by atoms with van der Waals surface area (Å²) in [6.07, 6.45) is 4.37. The first kappa shape index (κ1) is 35.7. The van der Waals surface area contributed by atoms with E-state index in [0.717, 1.165) is 45.1 Å². The Hall–Kier alpha value is -3.99. The summed E-state index contributed by atoms with van der Waals surface area (Å²) in [6.45, 7) is 3.11. The van der Waals surface area contributed by atoms with Gasteiger partial charge in [-0.25, -0.2) is 13.8 Å². The lowest BCUT2D eigenvalue weighted by atomic mass is 9.74. The Bertz CT molecular complexity index is 2070. The topological polar surface area (TPSA) is 152 Å². The lowest BCUT2D eigenvalue weighted by Gasteiger charge is -2.48. The number of hydrogen-bond donors (Lipinski definition) is 3. The van der Waals surface area contributed by atoms with Crippen LogP contribution in [0.1, 0.15) is 38.5 Å². The highest BCUT2D eigenvalue weighted by Gasteiger charge is 2.54. The van der Waals surface area contributed by atoms with Gasteiger partial charge in [-0.15, -0.1) is 0 Å². The fraction of sp³-hybridized carbons (Fsp3) is 0.564. The zero-order valence-corrected chi connectivity index (χ0v) is 30.2. The molecule has 4 aliphatic heterocycles. The van der Waals surface area contributed by atoms with E-state index in [1.165, 1.54) is 31.4 Å². The zero-order chi connectivity index (χ0) is 37.2. The van der Waals surface area contributed by atoms with Gasteiger partial charge in [-0.05, 0) is 62.2 Å². The third-order valence-corrected chi connectivity index (χ3v) is 12.2. The summed E-state index contributed by atoms with van der Waals surface area (Å²) < 4.78 is 62.4. The molecule has 4 saturated heterocycles. The first-order valence-corrected chi connectivity index (χ1v) is 18.8. The van der Waals surface area contributed by atoms with E-state index in [1.807, 2.05) is 0 Å². The summed E-state index contributed by atoms with van der Waals surface area (Å²) in [6, 6.07) is 7.56. The second kappa shape index (κ2) is 13.9. The molecule has 5 atom stereocenters. The van der Waals surface area contributed by atoms with Crippen LogP contribution in [0.4, 0.5) is 14.6 Å². The maximum Gasteiger partial charge on any atom is 0.319 e. The summed E-state index contributed by atoms with van der Waals surface area (Å²) in [4.78, 5) is 18.3. The molecule has 4 aromatic rings. The maximum atomic E-state index is 17.2. The quantitative estimate of drug-likeness (QED) is 0.239. The number of halogens is 2. The van der Waals surface area contributed by atoms with Gasteiger partial charge in [-0.3, -0.25) is 4.90 Å². The number of phenolic OH excluding ortho intramolecular Hbond substituents is 1. The average Bonchev–Trinajstić information content (AvgIpc) is 3.76. The number of aliphatic hydroxyl groups excluding tert-OH is 2. The van der Waals surface area contributed by atoms with Crippen LogP contribution >= 0.6 is 0 Å². The van der Waals surface area contributed by atoms with Gasteiger partial charge in [0.25, 0.3) is 0 Å². The summed E-state index contributed by atoms with van der Waals surface area (Å²) in [5.41, 5.74) is -0.782.